The molecule has 5 nitrogen and oxygen atoms in total. The molecule has 0 bridgehead atoms. The highest BCUT2D eigenvalue weighted by molar-refractivity contribution is 8.00. The molecule has 0 N–H and O–H groups in total. The van der Waals surface area contributed by atoms with Crippen molar-refractivity contribution in [2.75, 3.05) is 13.7 Å². The van der Waals surface area contributed by atoms with Crippen LogP contribution >= 0.6 is 11.8 Å². The van der Waals surface area contributed by atoms with E-state index in [-0.39, 0.29) is 28.2 Å². The number of alkyl halides is 3. The summed E-state index contributed by atoms with van der Waals surface area (Å²) in [5, 5.41) is 3.99. The molecule has 0 radical (unpaired) electrons. The zero-order valence-corrected chi connectivity index (χ0v) is 14.3. The molecule has 0 aliphatic carbocycles. The largest absolute Gasteiger partial charge is 0.492 e. The zero-order valence-electron chi connectivity index (χ0n) is 13.5. The third kappa shape index (κ3) is 3.46. The van der Waals surface area contributed by atoms with Crippen LogP contribution in [0.4, 0.5) is 13.2 Å². The summed E-state index contributed by atoms with van der Waals surface area (Å²) in [7, 11) is 2.87. The molecular formula is C16H15F3N2O3S. The summed E-state index contributed by atoms with van der Waals surface area (Å²) in [6.07, 6.45) is 2.71. The van der Waals surface area contributed by atoms with E-state index in [1.54, 1.807) is 6.07 Å². The zero-order chi connectivity index (χ0) is 18.2. The van der Waals surface area contributed by atoms with Crippen molar-refractivity contribution >= 4 is 11.8 Å². The third-order valence-electron chi connectivity index (χ3n) is 3.85. The van der Waals surface area contributed by atoms with E-state index in [1.165, 1.54) is 26.4 Å². The molecule has 3 rings (SSSR count). The first-order valence-electron chi connectivity index (χ1n) is 7.47. The highest BCUT2D eigenvalue weighted by Crippen LogP contribution is 2.47. The predicted molar refractivity (Wildman–Crippen MR) is 87.2 cm³/mol. The topological polar surface area (TPSA) is 53.4 Å². The molecule has 25 heavy (non-hydrogen) atoms. The second-order valence-electron chi connectivity index (χ2n) is 5.44. The van der Waals surface area contributed by atoms with Gasteiger partial charge in [0, 0.05) is 12.6 Å². The molecule has 134 valence electrons. The van der Waals surface area contributed by atoms with E-state index in [4.69, 9.17) is 9.47 Å². The first-order valence-corrected chi connectivity index (χ1v) is 8.28. The van der Waals surface area contributed by atoms with Crippen LogP contribution in [0.1, 0.15) is 12.0 Å². The number of rotatable bonds is 3. The van der Waals surface area contributed by atoms with Crippen molar-refractivity contribution in [1.82, 2.24) is 9.78 Å². The lowest BCUT2D eigenvalue weighted by Crippen LogP contribution is -2.21. The lowest BCUT2D eigenvalue weighted by atomic mass is 9.95. The molecule has 9 heteroatoms. The molecular weight excluding hydrogens is 357 g/mol. The van der Waals surface area contributed by atoms with E-state index in [0.717, 1.165) is 4.68 Å². The predicted octanol–water partition coefficient (Wildman–Crippen LogP) is 3.39. The van der Waals surface area contributed by atoms with Gasteiger partial charge in [0.1, 0.15) is 5.75 Å². The summed E-state index contributed by atoms with van der Waals surface area (Å²) in [5.74, 6) is 0.315. The number of benzene rings is 1. The minimum absolute atomic E-state index is 0.0155. The maximum Gasteiger partial charge on any atom is 0.446 e. The van der Waals surface area contributed by atoms with Crippen molar-refractivity contribution in [3.05, 3.63) is 34.2 Å². The Bertz CT molecular complexity index is 865. The van der Waals surface area contributed by atoms with E-state index in [9.17, 15) is 18.0 Å². The van der Waals surface area contributed by atoms with Crippen LogP contribution in [0.15, 0.2) is 28.0 Å². The van der Waals surface area contributed by atoms with Gasteiger partial charge < -0.3 is 9.47 Å². The minimum atomic E-state index is -4.40. The molecule has 0 saturated carbocycles. The standard InChI is InChI=1S/C16H15F3N2O3S/c1-21-15(22)14(23-2)11(8-20-21)9-5-6-12(25-16(17,18)19)13-10(9)4-3-7-24-13/h5-6,8H,3-4,7H2,1-2H3. The molecule has 2 aromatic rings. The number of fused-ring (bicyclic) bond motifs is 1. The fraction of sp³-hybridized carbons (Fsp3) is 0.375. The summed E-state index contributed by atoms with van der Waals surface area (Å²) in [4.78, 5) is 12.2. The first kappa shape index (κ1) is 17.7. The molecule has 0 saturated heterocycles. The van der Waals surface area contributed by atoms with Gasteiger partial charge in [-0.05, 0) is 36.2 Å². The molecule has 0 atom stereocenters. The SMILES string of the molecule is COc1c(-c2ccc(SC(F)(F)F)c3c2CCCO3)cnn(C)c1=O. The number of aromatic nitrogens is 2. The number of ether oxygens (including phenoxy) is 2. The highest BCUT2D eigenvalue weighted by Gasteiger charge is 2.33. The Morgan fingerprint density at radius 1 is 1.32 bits per heavy atom. The summed E-state index contributed by atoms with van der Waals surface area (Å²) in [6, 6.07) is 2.91. The fourth-order valence-electron chi connectivity index (χ4n) is 2.80. The van der Waals surface area contributed by atoms with Gasteiger partial charge in [-0.2, -0.15) is 18.3 Å². The number of halogens is 3. The first-order chi connectivity index (χ1) is 11.8. The van der Waals surface area contributed by atoms with Crippen molar-refractivity contribution in [1.29, 1.82) is 0 Å². The molecule has 1 aliphatic heterocycles. The highest BCUT2D eigenvalue weighted by atomic mass is 32.2. The van der Waals surface area contributed by atoms with Gasteiger partial charge >= 0.3 is 11.1 Å². The molecule has 1 aliphatic rings. The average Bonchev–Trinajstić information content (AvgIpc) is 2.56. The van der Waals surface area contributed by atoms with Crippen LogP contribution in [0, 0.1) is 0 Å². The van der Waals surface area contributed by atoms with Gasteiger partial charge in [0.05, 0.1) is 30.4 Å². The van der Waals surface area contributed by atoms with Gasteiger partial charge in [0.15, 0.2) is 5.75 Å². The van der Waals surface area contributed by atoms with E-state index >= 15 is 0 Å². The van der Waals surface area contributed by atoms with Gasteiger partial charge in [0.25, 0.3) is 0 Å². The molecule has 1 aromatic heterocycles. The fourth-order valence-corrected chi connectivity index (χ4v) is 3.46. The van der Waals surface area contributed by atoms with Crippen LogP contribution in [-0.4, -0.2) is 29.0 Å². The summed E-state index contributed by atoms with van der Waals surface area (Å²) in [6.45, 7) is 0.355. The van der Waals surface area contributed by atoms with Crippen molar-refractivity contribution in [3.63, 3.8) is 0 Å². The number of methoxy groups -OCH3 is 1. The Morgan fingerprint density at radius 3 is 2.76 bits per heavy atom. The Morgan fingerprint density at radius 2 is 2.08 bits per heavy atom. The Hall–Kier alpha value is -2.16. The average molecular weight is 372 g/mol. The Balaban J connectivity index is 2.19. The second-order valence-corrected chi connectivity index (χ2v) is 6.55. The van der Waals surface area contributed by atoms with Crippen molar-refractivity contribution < 1.29 is 22.6 Å². The van der Waals surface area contributed by atoms with Crippen molar-refractivity contribution in [2.24, 2.45) is 7.05 Å². The number of hydrogen-bond acceptors (Lipinski definition) is 5. The van der Waals surface area contributed by atoms with E-state index in [0.29, 0.717) is 36.1 Å². The van der Waals surface area contributed by atoms with E-state index < -0.39 is 11.1 Å². The molecule has 0 spiro atoms. The Labute approximate surface area is 145 Å². The number of nitrogens with zero attached hydrogens (tertiary/aromatic N) is 2. The summed E-state index contributed by atoms with van der Waals surface area (Å²) >= 11 is -0.203. The molecule has 2 heterocycles. The maximum atomic E-state index is 12.8. The minimum Gasteiger partial charge on any atom is -0.492 e. The van der Waals surface area contributed by atoms with E-state index in [2.05, 4.69) is 5.10 Å². The van der Waals surface area contributed by atoms with Crippen molar-refractivity contribution in [2.45, 2.75) is 23.2 Å². The van der Waals surface area contributed by atoms with E-state index in [1.807, 2.05) is 0 Å². The second kappa shape index (κ2) is 6.62. The third-order valence-corrected chi connectivity index (χ3v) is 4.63. The number of aryl methyl sites for hydroxylation is 1. The van der Waals surface area contributed by atoms with Crippen LogP contribution in [0.3, 0.4) is 0 Å². The van der Waals surface area contributed by atoms with Crippen LogP contribution < -0.4 is 15.0 Å². The Kier molecular flexibility index (Phi) is 4.68. The van der Waals surface area contributed by atoms with Gasteiger partial charge in [0.2, 0.25) is 0 Å². The summed E-state index contributed by atoms with van der Waals surface area (Å²) < 4.78 is 50.2. The lowest BCUT2D eigenvalue weighted by molar-refractivity contribution is -0.0329. The number of thioether (sulfide) groups is 1. The van der Waals surface area contributed by atoms with Gasteiger partial charge in [-0.15, -0.1) is 0 Å². The van der Waals surface area contributed by atoms with Crippen LogP contribution in [0.5, 0.6) is 11.5 Å². The lowest BCUT2D eigenvalue weighted by Gasteiger charge is -2.24. The monoisotopic (exact) mass is 372 g/mol. The quantitative estimate of drug-likeness (QED) is 0.773. The van der Waals surface area contributed by atoms with Gasteiger partial charge in [-0.1, -0.05) is 6.07 Å². The smallest absolute Gasteiger partial charge is 0.446 e. The van der Waals surface area contributed by atoms with Gasteiger partial charge in [-0.3, -0.25) is 4.79 Å². The molecule has 0 fully saturated rings. The normalized spacial score (nSPS) is 14.0. The molecule has 0 amide bonds. The molecule has 0 unspecified atom stereocenters. The van der Waals surface area contributed by atoms with Gasteiger partial charge in [-0.25, -0.2) is 4.68 Å². The van der Waals surface area contributed by atoms with Crippen molar-refractivity contribution in [3.8, 4) is 22.6 Å². The molecule has 1 aromatic carbocycles. The maximum absolute atomic E-state index is 12.8. The van der Waals surface area contributed by atoms with Crippen LogP contribution in [0.2, 0.25) is 0 Å². The summed E-state index contributed by atoms with van der Waals surface area (Å²) in [5.41, 5.74) is -3.15. The number of hydrogen-bond donors (Lipinski definition) is 0. The van der Waals surface area contributed by atoms with Crippen LogP contribution in [-0.2, 0) is 13.5 Å². The van der Waals surface area contributed by atoms with Crippen LogP contribution in [0.25, 0.3) is 11.1 Å².